The van der Waals surface area contributed by atoms with Crippen LogP contribution >= 0.6 is 22.7 Å². The van der Waals surface area contributed by atoms with E-state index < -0.39 is 0 Å². The number of nitrogens with one attached hydrogen (secondary N) is 2. The summed E-state index contributed by atoms with van der Waals surface area (Å²) in [6, 6.07) is 17.8. The van der Waals surface area contributed by atoms with Gasteiger partial charge in [-0.25, -0.2) is 4.98 Å². The normalized spacial score (nSPS) is 11.0. The minimum absolute atomic E-state index is 0.122. The van der Waals surface area contributed by atoms with E-state index in [0.29, 0.717) is 28.9 Å². The third-order valence-corrected chi connectivity index (χ3v) is 6.10. The van der Waals surface area contributed by atoms with Crippen molar-refractivity contribution in [2.45, 2.75) is 13.5 Å². The summed E-state index contributed by atoms with van der Waals surface area (Å²) >= 11 is 2.94. The van der Waals surface area contributed by atoms with E-state index in [-0.39, 0.29) is 11.8 Å². The molecular formula is C23H19N3O3S2. The van der Waals surface area contributed by atoms with Crippen LogP contribution in [0.1, 0.15) is 17.6 Å². The minimum atomic E-state index is -0.249. The molecule has 2 amide bonds. The molecular weight excluding hydrogens is 430 g/mol. The van der Waals surface area contributed by atoms with Gasteiger partial charge in [-0.05, 0) is 35.9 Å². The van der Waals surface area contributed by atoms with Crippen molar-refractivity contribution in [3.63, 3.8) is 0 Å². The molecule has 0 aliphatic heterocycles. The van der Waals surface area contributed by atoms with Crippen LogP contribution in [0.15, 0.2) is 70.5 Å². The summed E-state index contributed by atoms with van der Waals surface area (Å²) in [5, 5.41) is 7.76. The molecule has 8 heteroatoms. The minimum Gasteiger partial charge on any atom is -0.458 e. The monoisotopic (exact) mass is 449 g/mol. The molecule has 156 valence electrons. The zero-order valence-corrected chi connectivity index (χ0v) is 18.3. The van der Waals surface area contributed by atoms with Gasteiger partial charge in [-0.3, -0.25) is 14.9 Å². The molecule has 6 nitrogen and oxygen atoms in total. The Bertz CT molecular complexity index is 1220. The Morgan fingerprint density at radius 1 is 1.10 bits per heavy atom. The van der Waals surface area contributed by atoms with Crippen molar-refractivity contribution >= 4 is 45.7 Å². The average molecular weight is 450 g/mol. The average Bonchev–Trinajstić information content (AvgIpc) is 3.52. The van der Waals surface area contributed by atoms with Crippen LogP contribution in [-0.2, 0) is 16.1 Å². The highest BCUT2D eigenvalue weighted by Crippen LogP contribution is 2.29. The van der Waals surface area contributed by atoms with Gasteiger partial charge in [-0.15, -0.1) is 22.7 Å². The first-order chi connectivity index (χ1) is 15.1. The predicted octanol–water partition coefficient (Wildman–Crippen LogP) is 5.42. The highest BCUT2D eigenvalue weighted by molar-refractivity contribution is 7.16. The second-order valence-electron chi connectivity index (χ2n) is 6.60. The smallest absolute Gasteiger partial charge is 0.250 e. The molecule has 0 fully saturated rings. The van der Waals surface area contributed by atoms with Gasteiger partial charge >= 0.3 is 0 Å². The number of furan rings is 1. The Morgan fingerprint density at radius 2 is 1.94 bits per heavy atom. The third kappa shape index (κ3) is 5.56. The zero-order valence-electron chi connectivity index (χ0n) is 16.6. The van der Waals surface area contributed by atoms with Crippen molar-refractivity contribution in [2.75, 3.05) is 5.32 Å². The van der Waals surface area contributed by atoms with Gasteiger partial charge in [-0.2, -0.15) is 0 Å². The molecule has 31 heavy (non-hydrogen) atoms. The fraction of sp³-hybridized carbons (Fsp3) is 0.0870. The molecule has 2 N–H and O–H groups in total. The van der Waals surface area contributed by atoms with Gasteiger partial charge in [-0.1, -0.05) is 30.3 Å². The fourth-order valence-electron chi connectivity index (χ4n) is 2.77. The highest BCUT2D eigenvalue weighted by Gasteiger charge is 2.11. The fourth-order valence-corrected chi connectivity index (χ4v) is 4.39. The first-order valence-corrected chi connectivity index (χ1v) is 11.2. The number of hydrogen-bond donors (Lipinski definition) is 2. The number of benzene rings is 1. The maximum Gasteiger partial charge on any atom is 0.250 e. The Balaban J connectivity index is 1.35. The van der Waals surface area contributed by atoms with Crippen LogP contribution in [0.25, 0.3) is 28.0 Å². The molecule has 0 bridgehead atoms. The lowest BCUT2D eigenvalue weighted by molar-refractivity contribution is -0.119. The van der Waals surface area contributed by atoms with Crippen molar-refractivity contribution in [1.29, 1.82) is 0 Å². The lowest BCUT2D eigenvalue weighted by Crippen LogP contribution is -2.18. The summed E-state index contributed by atoms with van der Waals surface area (Å²) in [5.41, 5.74) is 1.79. The molecule has 0 aliphatic carbocycles. The quantitative estimate of drug-likeness (QED) is 0.369. The van der Waals surface area contributed by atoms with Crippen LogP contribution in [0.2, 0.25) is 0 Å². The van der Waals surface area contributed by atoms with Crippen LogP contribution in [0.3, 0.4) is 0 Å². The Kier molecular flexibility index (Phi) is 6.40. The first kappa shape index (κ1) is 20.8. The summed E-state index contributed by atoms with van der Waals surface area (Å²) in [4.78, 5) is 29.8. The standard InChI is InChI=1S/C23H19N3O3S2/c1-15(27)24-13-17-7-10-20(29-17)19-14-30-23(25-19)26-22(28)12-9-18-8-11-21(31-18)16-5-3-2-4-6-16/h2-12,14H,13H2,1H3,(H,24,27)(H,25,26,28)/b12-9+. The number of anilines is 1. The van der Waals surface area contributed by atoms with Gasteiger partial charge < -0.3 is 9.73 Å². The molecule has 0 unspecified atom stereocenters. The number of carbonyl (C=O) groups excluding carboxylic acids is 2. The van der Waals surface area contributed by atoms with E-state index in [1.165, 1.54) is 24.3 Å². The predicted molar refractivity (Wildman–Crippen MR) is 125 cm³/mol. The van der Waals surface area contributed by atoms with Crippen LogP contribution in [0, 0.1) is 0 Å². The van der Waals surface area contributed by atoms with Gasteiger partial charge in [0, 0.05) is 28.1 Å². The molecule has 0 aliphatic rings. The van der Waals surface area contributed by atoms with E-state index in [0.717, 1.165) is 15.3 Å². The van der Waals surface area contributed by atoms with Gasteiger partial charge in [0.05, 0.1) is 6.54 Å². The molecule has 0 atom stereocenters. The lowest BCUT2D eigenvalue weighted by atomic mass is 10.2. The van der Waals surface area contributed by atoms with E-state index in [2.05, 4.69) is 27.8 Å². The molecule has 0 saturated heterocycles. The van der Waals surface area contributed by atoms with E-state index in [1.807, 2.05) is 35.7 Å². The number of amides is 2. The van der Waals surface area contributed by atoms with Crippen LogP contribution in [0.4, 0.5) is 5.13 Å². The second-order valence-corrected chi connectivity index (χ2v) is 8.58. The van der Waals surface area contributed by atoms with Crippen molar-refractivity contribution < 1.29 is 14.0 Å². The lowest BCUT2D eigenvalue weighted by Gasteiger charge is -1.97. The first-order valence-electron chi connectivity index (χ1n) is 9.50. The van der Waals surface area contributed by atoms with E-state index >= 15 is 0 Å². The summed E-state index contributed by atoms with van der Waals surface area (Å²) in [6.45, 7) is 1.77. The Morgan fingerprint density at radius 3 is 2.74 bits per heavy atom. The maximum atomic E-state index is 12.3. The summed E-state index contributed by atoms with van der Waals surface area (Å²) in [6.07, 6.45) is 3.29. The molecule has 0 saturated carbocycles. The van der Waals surface area contributed by atoms with Crippen molar-refractivity contribution in [2.24, 2.45) is 0 Å². The third-order valence-electron chi connectivity index (χ3n) is 4.24. The summed E-state index contributed by atoms with van der Waals surface area (Å²) in [7, 11) is 0. The van der Waals surface area contributed by atoms with Crippen LogP contribution in [-0.4, -0.2) is 16.8 Å². The number of hydrogen-bond acceptors (Lipinski definition) is 6. The second kappa shape index (κ2) is 9.55. The van der Waals surface area contributed by atoms with Crippen LogP contribution in [0.5, 0.6) is 0 Å². The number of carbonyl (C=O) groups is 2. The summed E-state index contributed by atoms with van der Waals surface area (Å²) < 4.78 is 5.69. The van der Waals surface area contributed by atoms with E-state index in [1.54, 1.807) is 29.5 Å². The van der Waals surface area contributed by atoms with Gasteiger partial charge in [0.2, 0.25) is 11.8 Å². The number of aromatic nitrogens is 1. The number of thiazole rings is 1. The number of nitrogens with zero attached hydrogens (tertiary/aromatic N) is 1. The Labute approximate surface area is 187 Å². The van der Waals surface area contributed by atoms with Crippen LogP contribution < -0.4 is 10.6 Å². The topological polar surface area (TPSA) is 84.2 Å². The Hall–Kier alpha value is -3.49. The molecule has 0 spiro atoms. The van der Waals surface area contributed by atoms with Crippen molar-refractivity contribution in [1.82, 2.24) is 10.3 Å². The van der Waals surface area contributed by atoms with Crippen molar-refractivity contribution in [3.05, 3.63) is 76.7 Å². The van der Waals surface area contributed by atoms with Gasteiger partial charge in [0.25, 0.3) is 0 Å². The maximum absolute atomic E-state index is 12.3. The molecule has 1 aromatic carbocycles. The molecule has 4 rings (SSSR count). The van der Waals surface area contributed by atoms with Crippen molar-refractivity contribution in [3.8, 4) is 21.9 Å². The molecule has 3 aromatic heterocycles. The number of thiophene rings is 1. The number of rotatable bonds is 7. The van der Waals surface area contributed by atoms with E-state index in [9.17, 15) is 9.59 Å². The molecule has 3 heterocycles. The summed E-state index contributed by atoms with van der Waals surface area (Å²) in [5.74, 6) is 0.849. The van der Waals surface area contributed by atoms with E-state index in [4.69, 9.17) is 4.42 Å². The molecule has 4 aromatic rings. The largest absolute Gasteiger partial charge is 0.458 e. The molecule has 0 radical (unpaired) electrons. The van der Waals surface area contributed by atoms with Gasteiger partial charge in [0.1, 0.15) is 11.5 Å². The zero-order chi connectivity index (χ0) is 21.6. The van der Waals surface area contributed by atoms with Gasteiger partial charge in [0.15, 0.2) is 10.9 Å². The SMILES string of the molecule is CC(=O)NCc1ccc(-c2csc(NC(=O)/C=C/c3ccc(-c4ccccc4)s3)n2)o1. The highest BCUT2D eigenvalue weighted by atomic mass is 32.1.